The van der Waals surface area contributed by atoms with Gasteiger partial charge in [0.2, 0.25) is 0 Å². The van der Waals surface area contributed by atoms with Crippen LogP contribution in [0.4, 0.5) is 11.4 Å². The molecule has 1 aliphatic heterocycles. The smallest absolute Gasteiger partial charge is 0.0905 e. The Balaban J connectivity index is 1.15. The fraction of sp³-hybridized carbons (Fsp3) is 0.242. The molecule has 4 atom stereocenters. The lowest BCUT2D eigenvalue weighted by Gasteiger charge is -2.67. The van der Waals surface area contributed by atoms with Crippen LogP contribution in [0.1, 0.15) is 112 Å². The van der Waals surface area contributed by atoms with Gasteiger partial charge < -0.3 is 4.90 Å². The minimum Gasteiger partial charge on any atom is -0.327 e. The van der Waals surface area contributed by atoms with Crippen LogP contribution in [0.5, 0.6) is 0 Å². The Labute approximate surface area is 396 Å². The predicted octanol–water partition coefficient (Wildman–Crippen LogP) is 16.5. The van der Waals surface area contributed by atoms with Crippen LogP contribution in [0.25, 0.3) is 38.6 Å². The highest BCUT2D eigenvalue weighted by Crippen LogP contribution is 2.77. The van der Waals surface area contributed by atoms with Crippen molar-refractivity contribution in [2.75, 3.05) is 4.90 Å². The van der Waals surface area contributed by atoms with Crippen molar-refractivity contribution in [3.8, 4) is 22.3 Å². The summed E-state index contributed by atoms with van der Waals surface area (Å²) >= 11 is 0. The highest BCUT2D eigenvalue weighted by molar-refractivity contribution is 6.01. The summed E-state index contributed by atoms with van der Waals surface area (Å²) in [6.07, 6.45) is 2.77. The van der Waals surface area contributed by atoms with E-state index in [4.69, 9.17) is 0 Å². The fourth-order valence-corrected chi connectivity index (χ4v) is 15.9. The van der Waals surface area contributed by atoms with Crippen molar-refractivity contribution >= 4 is 27.7 Å². The van der Waals surface area contributed by atoms with Crippen LogP contribution in [0.2, 0.25) is 0 Å². The molecule has 8 aromatic carbocycles. The van der Waals surface area contributed by atoms with E-state index < -0.39 is 16.4 Å². The molecule has 0 bridgehead atoms. The molecule has 0 radical (unpaired) electrons. The molecule has 0 saturated carbocycles. The van der Waals surface area contributed by atoms with Gasteiger partial charge in [-0.2, -0.15) is 0 Å². The Morgan fingerprint density at radius 2 is 0.940 bits per heavy atom. The van der Waals surface area contributed by atoms with E-state index in [1.54, 1.807) is 11.1 Å². The molecule has 67 heavy (non-hydrogen) atoms. The van der Waals surface area contributed by atoms with E-state index in [0.717, 1.165) is 0 Å². The molecule has 4 unspecified atom stereocenters. The lowest BCUT2D eigenvalue weighted by atomic mass is 9.39. The monoisotopic (exact) mass is 863 g/mol. The molecule has 0 saturated heterocycles. The van der Waals surface area contributed by atoms with Crippen molar-refractivity contribution in [2.45, 2.75) is 89.5 Å². The van der Waals surface area contributed by atoms with E-state index >= 15 is 0 Å². The first-order chi connectivity index (χ1) is 32.2. The molecule has 8 aromatic rings. The zero-order valence-electron chi connectivity index (χ0n) is 40.3. The number of anilines is 2. The van der Waals surface area contributed by atoms with Gasteiger partial charge >= 0.3 is 0 Å². The predicted molar refractivity (Wildman–Crippen MR) is 279 cm³/mol. The van der Waals surface area contributed by atoms with Gasteiger partial charge in [-0.3, -0.25) is 0 Å². The molecular weight excluding hydrogens is 807 g/mol. The molecule has 0 N–H and O–H groups in total. The van der Waals surface area contributed by atoms with E-state index in [1.807, 2.05) is 0 Å². The first kappa shape index (κ1) is 39.5. The minimum absolute atomic E-state index is 0.132. The van der Waals surface area contributed by atoms with Crippen LogP contribution in [0.15, 0.2) is 193 Å². The maximum absolute atomic E-state index is 2.81. The normalized spacial score (nSPS) is 25.9. The summed E-state index contributed by atoms with van der Waals surface area (Å²) < 4.78 is 0. The van der Waals surface area contributed by atoms with Gasteiger partial charge in [-0.15, -0.1) is 0 Å². The first-order valence-electron chi connectivity index (χ1n) is 24.6. The number of allylic oxidation sites excluding steroid dienone is 3. The molecule has 0 amide bonds. The first-order valence-corrected chi connectivity index (χ1v) is 24.6. The van der Waals surface area contributed by atoms with Crippen molar-refractivity contribution in [1.82, 2.24) is 0 Å². The molecule has 5 aliphatic carbocycles. The quantitative estimate of drug-likeness (QED) is 0.149. The summed E-state index contributed by atoms with van der Waals surface area (Å²) in [5, 5.41) is 2.61. The van der Waals surface area contributed by atoms with Crippen LogP contribution < -0.4 is 4.90 Å². The van der Waals surface area contributed by atoms with E-state index in [2.05, 4.69) is 249 Å². The van der Waals surface area contributed by atoms with E-state index in [1.165, 1.54) is 100 Å². The lowest BCUT2D eigenvalue weighted by molar-refractivity contribution is 0.164. The summed E-state index contributed by atoms with van der Waals surface area (Å²) in [5.74, 6) is 0. The third-order valence-electron chi connectivity index (χ3n) is 19.2. The highest BCUT2D eigenvalue weighted by atomic mass is 15.2. The van der Waals surface area contributed by atoms with Gasteiger partial charge in [0.15, 0.2) is 0 Å². The number of fused-ring (bicyclic) bond motifs is 20. The fourth-order valence-electron chi connectivity index (χ4n) is 15.9. The van der Waals surface area contributed by atoms with Crippen molar-refractivity contribution < 1.29 is 0 Å². The average molecular weight is 864 g/mol. The third-order valence-corrected chi connectivity index (χ3v) is 19.2. The van der Waals surface area contributed by atoms with Gasteiger partial charge in [-0.05, 0) is 137 Å². The highest BCUT2D eigenvalue weighted by Gasteiger charge is 2.70. The van der Waals surface area contributed by atoms with Crippen LogP contribution in [0, 0.1) is 10.8 Å². The number of hydrogen-bond donors (Lipinski definition) is 0. The second-order valence-corrected chi connectivity index (χ2v) is 22.9. The molecule has 6 aliphatic rings. The Kier molecular flexibility index (Phi) is 7.21. The minimum atomic E-state index is -0.576. The SMILES string of the molecule is CC12C=C3c4ccccc4C(C)(C)C3(C)C3=C1C(C)(c1ccccc1C3(C)C(C)(C)C)N(c1ccc3c(c1)-c1ccccc1C31c3ccccc3-c3ccccc31)c1ccc3ccccc3c12. The standard InChI is InChI=1S/C66H57N/c1-60(2,3)63(7)53-32-20-21-33-54(53)65(9)58-59(63)64(8)55(46-27-15-16-28-48(46)61(64,4)5)39-62(58,6)57-42-23-11-10-22-40(42)34-37-56(57)67(65)41-35-36-52-47(38-41)45-26-14-19-31-51(45)66(52)49-29-17-12-24-43(49)44-25-13-18-30-50(44)66/h10-39H,1-9H3. The molecule has 1 heteroatoms. The largest absolute Gasteiger partial charge is 0.327 e. The van der Waals surface area contributed by atoms with Crippen LogP contribution in [-0.4, -0.2) is 0 Å². The maximum atomic E-state index is 2.81. The number of benzene rings is 8. The second kappa shape index (κ2) is 12.2. The molecule has 14 rings (SSSR count). The maximum Gasteiger partial charge on any atom is 0.0905 e. The molecule has 326 valence electrons. The van der Waals surface area contributed by atoms with Gasteiger partial charge in [0.25, 0.3) is 0 Å². The summed E-state index contributed by atoms with van der Waals surface area (Å²) in [7, 11) is 0. The van der Waals surface area contributed by atoms with E-state index in [0.29, 0.717) is 0 Å². The summed E-state index contributed by atoms with van der Waals surface area (Å²) in [6, 6.07) is 68.2. The molecule has 1 nitrogen and oxygen atoms in total. The van der Waals surface area contributed by atoms with Crippen LogP contribution >= 0.6 is 0 Å². The molecule has 0 aromatic heterocycles. The Hall–Kier alpha value is -6.70. The van der Waals surface area contributed by atoms with E-state index in [-0.39, 0.29) is 21.7 Å². The average Bonchev–Trinajstić information content (AvgIpc) is 3.86. The van der Waals surface area contributed by atoms with Gasteiger partial charge in [-0.25, -0.2) is 0 Å². The second-order valence-electron chi connectivity index (χ2n) is 22.9. The van der Waals surface area contributed by atoms with Crippen molar-refractivity contribution in [2.24, 2.45) is 10.8 Å². The summed E-state index contributed by atoms with van der Waals surface area (Å²) in [6.45, 7) is 23.0. The van der Waals surface area contributed by atoms with Crippen molar-refractivity contribution in [1.29, 1.82) is 0 Å². The van der Waals surface area contributed by atoms with Gasteiger partial charge in [-0.1, -0.05) is 212 Å². The number of rotatable bonds is 1. The van der Waals surface area contributed by atoms with E-state index in [9.17, 15) is 0 Å². The Morgan fingerprint density at radius 1 is 0.433 bits per heavy atom. The zero-order valence-corrected chi connectivity index (χ0v) is 40.3. The Bertz CT molecular complexity index is 3580. The van der Waals surface area contributed by atoms with Gasteiger partial charge in [0.1, 0.15) is 0 Å². The van der Waals surface area contributed by atoms with Crippen molar-refractivity contribution in [3.63, 3.8) is 0 Å². The Morgan fingerprint density at radius 3 is 1.57 bits per heavy atom. The lowest BCUT2D eigenvalue weighted by Crippen LogP contribution is -2.63. The molecular formula is C66H57N. The van der Waals surface area contributed by atoms with Crippen LogP contribution in [0.3, 0.4) is 0 Å². The summed E-state index contributed by atoms with van der Waals surface area (Å²) in [4.78, 5) is 2.81. The third kappa shape index (κ3) is 4.16. The molecule has 1 spiro atoms. The van der Waals surface area contributed by atoms with Gasteiger partial charge in [0, 0.05) is 33.0 Å². The van der Waals surface area contributed by atoms with Gasteiger partial charge in [0.05, 0.1) is 11.0 Å². The molecule has 1 heterocycles. The summed E-state index contributed by atoms with van der Waals surface area (Å²) in [5.41, 5.74) is 22.7. The number of nitrogens with zero attached hydrogens (tertiary/aromatic N) is 1. The topological polar surface area (TPSA) is 3.24 Å². The van der Waals surface area contributed by atoms with Crippen LogP contribution in [-0.2, 0) is 27.2 Å². The molecule has 0 fully saturated rings. The van der Waals surface area contributed by atoms with Crippen molar-refractivity contribution in [3.05, 3.63) is 243 Å². The number of hydrogen-bond acceptors (Lipinski definition) is 1. The zero-order chi connectivity index (χ0) is 45.8.